The monoisotopic (exact) mass is 1060 g/mol. The maximum Gasteiger partial charge on any atom is 0.0541 e. The van der Waals surface area contributed by atoms with Gasteiger partial charge in [-0.15, -0.1) is 10.0 Å². The second kappa shape index (κ2) is 19.5. The number of aromatic nitrogens is 3. The first kappa shape index (κ1) is 47.6. The molecular formula is C78H53N3S. The van der Waals surface area contributed by atoms with Crippen LogP contribution in [0.2, 0.25) is 0 Å². The smallest absolute Gasteiger partial charge is 0.0541 e. The van der Waals surface area contributed by atoms with Crippen LogP contribution in [0.3, 0.4) is 0 Å². The molecule has 0 unspecified atom stereocenters. The van der Waals surface area contributed by atoms with E-state index < -0.39 is 10.0 Å². The van der Waals surface area contributed by atoms with Crippen molar-refractivity contribution in [3.05, 3.63) is 322 Å². The van der Waals surface area contributed by atoms with Gasteiger partial charge in [0.1, 0.15) is 0 Å². The first-order chi connectivity index (χ1) is 40.7. The molecule has 4 heteroatoms. The van der Waals surface area contributed by atoms with Gasteiger partial charge in [0.15, 0.2) is 0 Å². The Hall–Kier alpha value is -10.4. The van der Waals surface area contributed by atoms with Gasteiger partial charge in [0.05, 0.1) is 33.1 Å². The Morgan fingerprint density at radius 2 is 0.451 bits per heavy atom. The Bertz CT molecular complexity index is 4770. The summed E-state index contributed by atoms with van der Waals surface area (Å²) in [6.45, 7) is 0. The van der Waals surface area contributed by atoms with Gasteiger partial charge in [-0.05, 0) is 179 Å². The van der Waals surface area contributed by atoms with Crippen LogP contribution in [-0.4, -0.2) is 13.7 Å². The highest BCUT2D eigenvalue weighted by atomic mass is 32.3. The van der Waals surface area contributed by atoms with Gasteiger partial charge in [-0.1, -0.05) is 176 Å². The van der Waals surface area contributed by atoms with Crippen molar-refractivity contribution in [1.29, 1.82) is 0 Å². The van der Waals surface area contributed by atoms with Crippen molar-refractivity contribution in [1.82, 2.24) is 13.7 Å². The van der Waals surface area contributed by atoms with Crippen molar-refractivity contribution >= 4 is 75.4 Å². The van der Waals surface area contributed by atoms with Gasteiger partial charge in [0.2, 0.25) is 0 Å². The zero-order valence-corrected chi connectivity index (χ0v) is 45.7. The molecule has 0 amide bonds. The van der Waals surface area contributed by atoms with Gasteiger partial charge in [-0.25, -0.2) is 0 Å². The summed E-state index contributed by atoms with van der Waals surface area (Å²) in [4.78, 5) is 5.21. The van der Waals surface area contributed by atoms with Crippen LogP contribution in [-0.2, 0) is 0 Å². The molecule has 82 heavy (non-hydrogen) atoms. The summed E-state index contributed by atoms with van der Waals surface area (Å²) in [7, 11) is -1.88. The van der Waals surface area contributed by atoms with E-state index in [1.165, 1.54) is 102 Å². The maximum atomic E-state index is 2.48. The normalized spacial score (nSPS) is 12.1. The molecule has 16 rings (SSSR count). The topological polar surface area (TPSA) is 14.8 Å². The van der Waals surface area contributed by atoms with E-state index in [-0.39, 0.29) is 0 Å². The van der Waals surface area contributed by atoms with Gasteiger partial charge >= 0.3 is 0 Å². The molecule has 386 valence electrons. The van der Waals surface area contributed by atoms with E-state index in [2.05, 4.69) is 335 Å². The molecule has 0 saturated carbocycles. The van der Waals surface area contributed by atoms with Gasteiger partial charge in [0.25, 0.3) is 0 Å². The average Bonchev–Trinajstić information content (AvgIpc) is 4.27. The van der Waals surface area contributed by atoms with E-state index in [0.717, 1.165) is 33.7 Å². The minimum atomic E-state index is -1.88. The lowest BCUT2D eigenvalue weighted by Crippen LogP contribution is -2.05. The fourth-order valence-corrected chi connectivity index (χ4v) is 17.0. The number of rotatable bonds is 10. The molecule has 3 nitrogen and oxygen atoms in total. The number of fused-ring (bicyclic) bond motifs is 9. The summed E-state index contributed by atoms with van der Waals surface area (Å²) < 4.78 is 7.26. The second-order valence-corrected chi connectivity index (χ2v) is 24.4. The molecule has 0 fully saturated rings. The molecule has 0 atom stereocenters. The number of benzene rings is 13. The molecular weight excluding hydrogens is 1010 g/mol. The molecule has 0 N–H and O–H groups in total. The Morgan fingerprint density at radius 1 is 0.171 bits per heavy atom. The zero-order chi connectivity index (χ0) is 54.1. The Morgan fingerprint density at radius 3 is 0.866 bits per heavy atom. The summed E-state index contributed by atoms with van der Waals surface area (Å²) in [6.07, 6.45) is 0. The largest absolute Gasteiger partial charge is 0.309 e. The number of hydrogen-bond acceptors (Lipinski definition) is 0. The SMILES string of the molecule is c1ccc(-n2c3ccccc3c3cc(-c4ccc5c(c4)c4cc(-c6ccc7c(c6)c6ccccc6n7-c6ccccc6)ccc4n5-c4cccc(-c5cccc(S(c6ccccc6)(c6ccccc6)c6ccccc6)c5)c4)ccc32)cc1. The Balaban J connectivity index is 0.878. The lowest BCUT2D eigenvalue weighted by molar-refractivity contribution is 1.18. The van der Waals surface area contributed by atoms with Crippen molar-refractivity contribution in [2.75, 3.05) is 0 Å². The fraction of sp³-hybridized carbons (Fsp3) is 0. The van der Waals surface area contributed by atoms with Crippen LogP contribution in [0.5, 0.6) is 0 Å². The molecule has 0 aliphatic rings. The average molecular weight is 1060 g/mol. The molecule has 0 radical (unpaired) electrons. The van der Waals surface area contributed by atoms with Crippen LogP contribution >= 0.6 is 10.0 Å². The highest BCUT2D eigenvalue weighted by Crippen LogP contribution is 2.73. The van der Waals surface area contributed by atoms with Crippen LogP contribution in [0.15, 0.2) is 341 Å². The Labute approximate surface area is 477 Å². The van der Waals surface area contributed by atoms with E-state index in [9.17, 15) is 0 Å². The van der Waals surface area contributed by atoms with E-state index >= 15 is 0 Å². The van der Waals surface area contributed by atoms with Gasteiger partial charge in [-0.3, -0.25) is 0 Å². The molecule has 0 spiro atoms. The summed E-state index contributed by atoms with van der Waals surface area (Å²) in [5.41, 5.74) is 17.6. The standard InChI is InChI=1S/C78H53N3S/c1-6-24-60(25-7-1)79-73-38-18-16-36-67(73)69-50-56(40-44-75(69)79)58-42-46-77-71(52-58)72-53-59(57-41-45-76-70(51-57)68-37-17-19-39-74(68)80(76)61-26-8-2-9-27-61)43-47-78(72)81(77)62-28-20-22-54(48-62)55-23-21-35-66(49-55)82(63-29-10-3-11-30-63,64-31-12-4-13-32-64)65-33-14-5-15-34-65/h1-53H. The molecule has 3 aromatic heterocycles. The zero-order valence-electron chi connectivity index (χ0n) is 44.8. The van der Waals surface area contributed by atoms with E-state index in [1.807, 2.05) is 0 Å². The summed E-state index contributed by atoms with van der Waals surface area (Å²) >= 11 is 0. The first-order valence-electron chi connectivity index (χ1n) is 28.1. The van der Waals surface area contributed by atoms with E-state index in [1.54, 1.807) is 0 Å². The van der Waals surface area contributed by atoms with Gasteiger partial charge in [-0.2, -0.15) is 0 Å². The lowest BCUT2D eigenvalue weighted by atomic mass is 9.98. The predicted octanol–water partition coefficient (Wildman–Crippen LogP) is 21.3. The van der Waals surface area contributed by atoms with Crippen LogP contribution in [0.1, 0.15) is 0 Å². The molecule has 0 aliphatic carbocycles. The van der Waals surface area contributed by atoms with Crippen LogP contribution in [0.25, 0.3) is 116 Å². The minimum absolute atomic E-state index is 1.11. The molecule has 0 aliphatic heterocycles. The lowest BCUT2D eigenvalue weighted by Gasteiger charge is -2.42. The third kappa shape index (κ3) is 7.60. The second-order valence-electron chi connectivity index (χ2n) is 21.3. The molecule has 16 aromatic rings. The summed E-state index contributed by atoms with van der Waals surface area (Å²) in [6, 6.07) is 119. The van der Waals surface area contributed by atoms with Crippen LogP contribution in [0, 0.1) is 0 Å². The first-order valence-corrected chi connectivity index (χ1v) is 29.8. The van der Waals surface area contributed by atoms with Crippen molar-refractivity contribution in [3.8, 4) is 50.4 Å². The highest BCUT2D eigenvalue weighted by Gasteiger charge is 2.33. The highest BCUT2D eigenvalue weighted by molar-refractivity contribution is 8.34. The fourth-order valence-electron chi connectivity index (χ4n) is 13.1. The molecule has 3 heterocycles. The third-order valence-electron chi connectivity index (χ3n) is 16.7. The van der Waals surface area contributed by atoms with Crippen LogP contribution < -0.4 is 0 Å². The number of hydrogen-bond donors (Lipinski definition) is 0. The number of para-hydroxylation sites is 4. The quantitative estimate of drug-likeness (QED) is 0.130. The van der Waals surface area contributed by atoms with Crippen molar-refractivity contribution in [3.63, 3.8) is 0 Å². The minimum Gasteiger partial charge on any atom is -0.309 e. The van der Waals surface area contributed by atoms with Gasteiger partial charge in [0, 0.05) is 69.0 Å². The van der Waals surface area contributed by atoms with Gasteiger partial charge < -0.3 is 13.7 Å². The molecule has 0 bridgehead atoms. The summed E-state index contributed by atoms with van der Waals surface area (Å²) in [5.74, 6) is 0. The summed E-state index contributed by atoms with van der Waals surface area (Å²) in [5, 5.41) is 7.37. The van der Waals surface area contributed by atoms with Crippen molar-refractivity contribution in [2.45, 2.75) is 19.6 Å². The van der Waals surface area contributed by atoms with Crippen molar-refractivity contribution in [2.24, 2.45) is 0 Å². The number of nitrogens with zero attached hydrogens (tertiary/aromatic N) is 3. The molecule has 13 aromatic carbocycles. The molecule has 0 saturated heterocycles. The Kier molecular flexibility index (Phi) is 11.3. The van der Waals surface area contributed by atoms with Crippen LogP contribution in [0.4, 0.5) is 0 Å². The third-order valence-corrected chi connectivity index (χ3v) is 20.6. The van der Waals surface area contributed by atoms with E-state index in [4.69, 9.17) is 0 Å². The van der Waals surface area contributed by atoms with Crippen molar-refractivity contribution < 1.29 is 0 Å². The van der Waals surface area contributed by atoms with E-state index in [0.29, 0.717) is 0 Å². The maximum absolute atomic E-state index is 2.48. The predicted molar refractivity (Wildman–Crippen MR) is 346 cm³/mol.